The molecule has 144 valence electrons. The van der Waals surface area contributed by atoms with Crippen LogP contribution in [0.5, 0.6) is 0 Å². The molecule has 0 radical (unpaired) electrons. The third-order valence-corrected chi connectivity index (χ3v) is 5.22. The predicted octanol–water partition coefficient (Wildman–Crippen LogP) is 4.62. The van der Waals surface area contributed by atoms with Crippen LogP contribution in [0, 0.1) is 17.0 Å². The Kier molecular flexibility index (Phi) is 5.88. The molecule has 0 N–H and O–H groups in total. The van der Waals surface area contributed by atoms with E-state index in [9.17, 15) is 10.1 Å². The Morgan fingerprint density at radius 2 is 2.11 bits per heavy atom. The van der Waals surface area contributed by atoms with Crippen molar-refractivity contribution >= 4 is 23.0 Å². The number of hydrogen-bond donors (Lipinski definition) is 0. The zero-order chi connectivity index (χ0) is 19.4. The topological polar surface area (TPSA) is 75.4 Å². The minimum absolute atomic E-state index is 0.00112. The van der Waals surface area contributed by atoms with Gasteiger partial charge in [0.05, 0.1) is 4.92 Å². The summed E-state index contributed by atoms with van der Waals surface area (Å²) < 4.78 is 0. The highest BCUT2D eigenvalue weighted by Gasteiger charge is 2.33. The fraction of sp³-hybridized carbons (Fsp3) is 0.500. The Morgan fingerprint density at radius 1 is 1.30 bits per heavy atom. The summed E-state index contributed by atoms with van der Waals surface area (Å²) in [6.45, 7) is 7.49. The van der Waals surface area contributed by atoms with Gasteiger partial charge in [0.25, 0.3) is 0 Å². The number of nitro groups is 1. The van der Waals surface area contributed by atoms with Crippen molar-refractivity contribution in [3.05, 3.63) is 46.3 Å². The average molecular weight is 369 g/mol. The van der Waals surface area contributed by atoms with Crippen molar-refractivity contribution in [3.8, 4) is 0 Å². The lowest BCUT2D eigenvalue weighted by atomic mass is 10.00. The van der Waals surface area contributed by atoms with E-state index in [1.54, 1.807) is 0 Å². The van der Waals surface area contributed by atoms with Crippen LogP contribution in [0.1, 0.15) is 45.1 Å². The maximum atomic E-state index is 12.1. The summed E-state index contributed by atoms with van der Waals surface area (Å²) in [7, 11) is 0. The fourth-order valence-electron chi connectivity index (χ4n) is 3.89. The molecule has 1 atom stereocenters. The molecule has 2 aromatic rings. The molecule has 3 rings (SSSR count). The highest BCUT2D eigenvalue weighted by atomic mass is 16.6. The van der Waals surface area contributed by atoms with Gasteiger partial charge in [0.1, 0.15) is 6.33 Å². The predicted molar refractivity (Wildman–Crippen MR) is 108 cm³/mol. The number of hydrogen-bond acceptors (Lipinski definition) is 6. The van der Waals surface area contributed by atoms with Crippen molar-refractivity contribution in [2.75, 3.05) is 22.9 Å². The Morgan fingerprint density at radius 3 is 2.78 bits per heavy atom. The molecule has 7 heteroatoms. The van der Waals surface area contributed by atoms with Crippen molar-refractivity contribution in [1.29, 1.82) is 0 Å². The average Bonchev–Trinajstić information content (AvgIpc) is 2.68. The summed E-state index contributed by atoms with van der Waals surface area (Å²) >= 11 is 0. The summed E-state index contributed by atoms with van der Waals surface area (Å²) in [5.41, 5.74) is 2.00. The van der Waals surface area contributed by atoms with Crippen LogP contribution in [-0.4, -0.2) is 34.0 Å². The molecule has 1 unspecified atom stereocenters. The van der Waals surface area contributed by atoms with Crippen LogP contribution in [-0.2, 0) is 0 Å². The summed E-state index contributed by atoms with van der Waals surface area (Å²) in [5.74, 6) is 0.807. The Balaban J connectivity index is 2.11. The van der Waals surface area contributed by atoms with Gasteiger partial charge in [-0.3, -0.25) is 10.1 Å². The van der Waals surface area contributed by atoms with Crippen molar-refractivity contribution in [2.24, 2.45) is 0 Å². The molecule has 7 nitrogen and oxygen atoms in total. The number of aryl methyl sites for hydroxylation is 1. The largest absolute Gasteiger partial charge is 0.354 e. The molecule has 1 fully saturated rings. The van der Waals surface area contributed by atoms with Gasteiger partial charge in [-0.15, -0.1) is 0 Å². The van der Waals surface area contributed by atoms with Gasteiger partial charge in [-0.05, 0) is 57.2 Å². The maximum absolute atomic E-state index is 12.1. The molecule has 0 bridgehead atoms. The normalized spacial score (nSPS) is 17.0. The van der Waals surface area contributed by atoms with Crippen LogP contribution in [0.25, 0.3) is 0 Å². The van der Waals surface area contributed by atoms with Crippen LogP contribution >= 0.6 is 0 Å². The van der Waals surface area contributed by atoms with Crippen LogP contribution in [0.4, 0.5) is 23.0 Å². The van der Waals surface area contributed by atoms with E-state index in [1.165, 1.54) is 6.33 Å². The lowest BCUT2D eigenvalue weighted by Crippen LogP contribution is -2.40. The van der Waals surface area contributed by atoms with Gasteiger partial charge in [0.2, 0.25) is 11.6 Å². The first-order valence-electron chi connectivity index (χ1n) is 9.67. The molecule has 1 aliphatic heterocycles. The first-order valence-corrected chi connectivity index (χ1v) is 9.67. The molecule has 27 heavy (non-hydrogen) atoms. The van der Waals surface area contributed by atoms with Crippen LogP contribution in [0.3, 0.4) is 0 Å². The molecule has 0 spiro atoms. The molecule has 1 saturated heterocycles. The first-order chi connectivity index (χ1) is 13.1. The molecule has 0 aliphatic carbocycles. The molecule has 0 amide bonds. The van der Waals surface area contributed by atoms with Crippen LogP contribution in [0.2, 0.25) is 0 Å². The maximum Gasteiger partial charge on any atom is 0.354 e. The number of nitrogens with zero attached hydrogens (tertiary/aromatic N) is 5. The number of benzene rings is 1. The van der Waals surface area contributed by atoms with Crippen molar-refractivity contribution in [2.45, 2.75) is 52.5 Å². The van der Waals surface area contributed by atoms with Gasteiger partial charge in [-0.1, -0.05) is 19.1 Å². The lowest BCUT2D eigenvalue weighted by molar-refractivity contribution is -0.383. The molecular formula is C20H27N5O2. The monoisotopic (exact) mass is 369 g/mol. The van der Waals surface area contributed by atoms with Gasteiger partial charge in [-0.25, -0.2) is 9.97 Å². The van der Waals surface area contributed by atoms with E-state index in [1.807, 2.05) is 43.0 Å². The number of rotatable bonds is 6. The summed E-state index contributed by atoms with van der Waals surface area (Å²) in [4.78, 5) is 24.4. The Bertz CT molecular complexity index is 811. The molecule has 1 aliphatic rings. The van der Waals surface area contributed by atoms with Crippen molar-refractivity contribution in [3.63, 3.8) is 0 Å². The Labute approximate surface area is 160 Å². The number of aromatic nitrogens is 2. The summed E-state index contributed by atoms with van der Waals surface area (Å²) in [6.07, 6.45) is 5.64. The smallest absolute Gasteiger partial charge is 0.348 e. The lowest BCUT2D eigenvalue weighted by Gasteiger charge is -2.36. The first kappa shape index (κ1) is 19.1. The summed E-state index contributed by atoms with van der Waals surface area (Å²) in [6, 6.07) is 8.23. The zero-order valence-corrected chi connectivity index (χ0v) is 16.3. The van der Waals surface area contributed by atoms with Crippen molar-refractivity contribution in [1.82, 2.24) is 9.97 Å². The van der Waals surface area contributed by atoms with E-state index in [0.29, 0.717) is 18.2 Å². The van der Waals surface area contributed by atoms with Gasteiger partial charge >= 0.3 is 5.69 Å². The van der Waals surface area contributed by atoms with E-state index in [4.69, 9.17) is 0 Å². The second-order valence-corrected chi connectivity index (χ2v) is 6.96. The van der Waals surface area contributed by atoms with Crippen LogP contribution in [0.15, 0.2) is 30.6 Å². The molecule has 1 aromatic carbocycles. The summed E-state index contributed by atoms with van der Waals surface area (Å²) in [5, 5.41) is 12.1. The molecule has 0 saturated carbocycles. The van der Waals surface area contributed by atoms with Crippen LogP contribution < -0.4 is 9.80 Å². The SMILES string of the molecule is CCC1CCCCN1c1ncnc(N(CC)c2cccc(C)c2)c1[N+](=O)[O-]. The fourth-order valence-corrected chi connectivity index (χ4v) is 3.89. The highest BCUT2D eigenvalue weighted by Crippen LogP contribution is 2.39. The Hall–Kier alpha value is -2.70. The zero-order valence-electron chi connectivity index (χ0n) is 16.3. The van der Waals surface area contributed by atoms with E-state index in [-0.39, 0.29) is 16.7 Å². The second-order valence-electron chi connectivity index (χ2n) is 6.96. The standard InChI is InChI=1S/C20H27N5O2/c1-4-16-10-6-7-12-24(16)20-18(25(26)27)19(21-14-22-20)23(5-2)17-11-8-9-15(3)13-17/h8-9,11,13-14,16H,4-7,10,12H2,1-3H3. The minimum Gasteiger partial charge on any atom is -0.348 e. The van der Waals surface area contributed by atoms with Gasteiger partial charge < -0.3 is 9.80 Å². The number of piperidine rings is 1. The molecule has 2 heterocycles. The van der Waals surface area contributed by atoms with E-state index < -0.39 is 0 Å². The third kappa shape index (κ3) is 3.86. The van der Waals surface area contributed by atoms with Gasteiger partial charge in [0.15, 0.2) is 0 Å². The van der Waals surface area contributed by atoms with E-state index in [0.717, 1.165) is 43.5 Å². The molecule has 1 aromatic heterocycles. The second kappa shape index (κ2) is 8.33. The molecular weight excluding hydrogens is 342 g/mol. The van der Waals surface area contributed by atoms with Gasteiger partial charge in [-0.2, -0.15) is 0 Å². The van der Waals surface area contributed by atoms with Crippen molar-refractivity contribution < 1.29 is 4.92 Å². The van der Waals surface area contributed by atoms with Gasteiger partial charge in [0, 0.05) is 24.8 Å². The van der Waals surface area contributed by atoms with E-state index >= 15 is 0 Å². The minimum atomic E-state index is -0.329. The third-order valence-electron chi connectivity index (χ3n) is 5.22. The van der Waals surface area contributed by atoms with E-state index in [2.05, 4.69) is 21.8 Å². The highest BCUT2D eigenvalue weighted by molar-refractivity contribution is 5.76. The number of anilines is 3. The quantitative estimate of drug-likeness (QED) is 0.546.